The standard InChI is InChI=1S/C9H13NO3S/c1-6(2)9-10-7(5-14-9)3-13-4-8(11)12/h5-6H,3-4H2,1-2H3,(H,11,12). The van der Waals surface area contributed by atoms with Gasteiger partial charge in [-0.25, -0.2) is 9.78 Å². The Morgan fingerprint density at radius 1 is 1.71 bits per heavy atom. The van der Waals surface area contributed by atoms with Gasteiger partial charge in [-0.3, -0.25) is 0 Å². The molecule has 0 aliphatic rings. The highest BCUT2D eigenvalue weighted by Crippen LogP contribution is 2.19. The number of hydrogen-bond acceptors (Lipinski definition) is 4. The Balaban J connectivity index is 2.40. The molecule has 1 rings (SSSR count). The number of aliphatic carboxylic acids is 1. The van der Waals surface area contributed by atoms with E-state index in [-0.39, 0.29) is 13.2 Å². The van der Waals surface area contributed by atoms with Crippen molar-refractivity contribution in [2.75, 3.05) is 6.61 Å². The second-order valence-corrected chi connectivity index (χ2v) is 4.11. The lowest BCUT2D eigenvalue weighted by Crippen LogP contribution is -2.06. The van der Waals surface area contributed by atoms with Crippen molar-refractivity contribution in [1.29, 1.82) is 0 Å². The smallest absolute Gasteiger partial charge is 0.329 e. The second kappa shape index (κ2) is 5.07. The molecule has 14 heavy (non-hydrogen) atoms. The lowest BCUT2D eigenvalue weighted by Gasteiger charge is -1.98. The van der Waals surface area contributed by atoms with E-state index >= 15 is 0 Å². The number of rotatable bonds is 5. The van der Waals surface area contributed by atoms with Crippen molar-refractivity contribution < 1.29 is 14.6 Å². The first-order valence-electron chi connectivity index (χ1n) is 4.33. The highest BCUT2D eigenvalue weighted by atomic mass is 32.1. The third-order valence-electron chi connectivity index (χ3n) is 1.54. The molecule has 0 saturated heterocycles. The van der Waals surface area contributed by atoms with Crippen LogP contribution in [0.15, 0.2) is 5.38 Å². The first kappa shape index (κ1) is 11.1. The third kappa shape index (κ3) is 3.43. The van der Waals surface area contributed by atoms with E-state index in [9.17, 15) is 4.79 Å². The minimum Gasteiger partial charge on any atom is -0.480 e. The molecule has 0 spiro atoms. The average molecular weight is 215 g/mol. The summed E-state index contributed by atoms with van der Waals surface area (Å²) < 4.78 is 4.92. The first-order valence-corrected chi connectivity index (χ1v) is 5.21. The first-order chi connectivity index (χ1) is 6.59. The molecule has 1 heterocycles. The molecule has 4 nitrogen and oxygen atoms in total. The molecular formula is C9H13NO3S. The summed E-state index contributed by atoms with van der Waals surface area (Å²) in [7, 11) is 0. The van der Waals surface area contributed by atoms with Gasteiger partial charge in [-0.1, -0.05) is 13.8 Å². The number of carboxylic acid groups (broad SMARTS) is 1. The maximum atomic E-state index is 10.2. The van der Waals surface area contributed by atoms with E-state index in [1.807, 2.05) is 5.38 Å². The van der Waals surface area contributed by atoms with E-state index in [0.717, 1.165) is 10.7 Å². The van der Waals surface area contributed by atoms with Crippen molar-refractivity contribution in [3.05, 3.63) is 16.1 Å². The van der Waals surface area contributed by atoms with Gasteiger partial charge in [-0.2, -0.15) is 0 Å². The number of carboxylic acids is 1. The summed E-state index contributed by atoms with van der Waals surface area (Å²) >= 11 is 1.58. The van der Waals surface area contributed by atoms with Crippen LogP contribution in [0.25, 0.3) is 0 Å². The van der Waals surface area contributed by atoms with Crippen LogP contribution in [0, 0.1) is 0 Å². The zero-order valence-corrected chi connectivity index (χ0v) is 9.00. The molecule has 0 aromatic carbocycles. The second-order valence-electron chi connectivity index (χ2n) is 3.22. The van der Waals surface area contributed by atoms with E-state index < -0.39 is 5.97 Å². The highest BCUT2D eigenvalue weighted by molar-refractivity contribution is 7.09. The lowest BCUT2D eigenvalue weighted by atomic mass is 10.2. The Morgan fingerprint density at radius 3 is 2.93 bits per heavy atom. The van der Waals surface area contributed by atoms with Crippen LogP contribution in [-0.2, 0) is 16.1 Å². The van der Waals surface area contributed by atoms with Crippen LogP contribution in [0.3, 0.4) is 0 Å². The van der Waals surface area contributed by atoms with Gasteiger partial charge in [0.15, 0.2) is 0 Å². The molecule has 0 atom stereocenters. The number of ether oxygens (including phenoxy) is 1. The number of aromatic nitrogens is 1. The van der Waals surface area contributed by atoms with Crippen LogP contribution in [0.1, 0.15) is 30.5 Å². The minimum absolute atomic E-state index is 0.269. The summed E-state index contributed by atoms with van der Waals surface area (Å²) in [5, 5.41) is 11.3. The summed E-state index contributed by atoms with van der Waals surface area (Å²) in [6, 6.07) is 0. The van der Waals surface area contributed by atoms with Gasteiger partial charge in [-0.15, -0.1) is 11.3 Å². The Bertz CT molecular complexity index is 309. The molecule has 0 radical (unpaired) electrons. The largest absolute Gasteiger partial charge is 0.480 e. The van der Waals surface area contributed by atoms with Gasteiger partial charge < -0.3 is 9.84 Å². The van der Waals surface area contributed by atoms with E-state index in [1.54, 1.807) is 11.3 Å². The molecule has 0 unspecified atom stereocenters. The molecule has 0 bridgehead atoms. The van der Waals surface area contributed by atoms with Crippen LogP contribution in [0.5, 0.6) is 0 Å². The molecule has 0 fully saturated rings. The third-order valence-corrected chi connectivity index (χ3v) is 2.73. The minimum atomic E-state index is -0.954. The number of hydrogen-bond donors (Lipinski definition) is 1. The zero-order valence-electron chi connectivity index (χ0n) is 8.19. The van der Waals surface area contributed by atoms with Crippen molar-refractivity contribution in [3.63, 3.8) is 0 Å². The fourth-order valence-electron chi connectivity index (χ4n) is 0.897. The SMILES string of the molecule is CC(C)c1nc(COCC(=O)O)cs1. The average Bonchev–Trinajstić information content (AvgIpc) is 2.52. The number of nitrogens with zero attached hydrogens (tertiary/aromatic N) is 1. The van der Waals surface area contributed by atoms with Crippen molar-refractivity contribution in [1.82, 2.24) is 4.98 Å². The van der Waals surface area contributed by atoms with Crippen molar-refractivity contribution in [2.45, 2.75) is 26.4 Å². The van der Waals surface area contributed by atoms with Gasteiger partial charge in [0, 0.05) is 11.3 Å². The lowest BCUT2D eigenvalue weighted by molar-refractivity contribution is -0.142. The summed E-state index contributed by atoms with van der Waals surface area (Å²) in [4.78, 5) is 14.5. The van der Waals surface area contributed by atoms with Gasteiger partial charge in [0.1, 0.15) is 6.61 Å². The molecule has 1 aromatic rings. The van der Waals surface area contributed by atoms with Crippen molar-refractivity contribution in [2.24, 2.45) is 0 Å². The fourth-order valence-corrected chi connectivity index (χ4v) is 1.72. The molecule has 1 N–H and O–H groups in total. The molecule has 0 aliphatic carbocycles. The summed E-state index contributed by atoms with van der Waals surface area (Å²) in [6.07, 6.45) is 0. The predicted octanol–water partition coefficient (Wildman–Crippen LogP) is 1.87. The Kier molecular flexibility index (Phi) is 4.03. The van der Waals surface area contributed by atoms with Gasteiger partial charge >= 0.3 is 5.97 Å². The predicted molar refractivity (Wildman–Crippen MR) is 53.5 cm³/mol. The van der Waals surface area contributed by atoms with Crippen molar-refractivity contribution in [3.8, 4) is 0 Å². The van der Waals surface area contributed by atoms with E-state index in [0.29, 0.717) is 5.92 Å². The zero-order chi connectivity index (χ0) is 10.6. The normalized spacial score (nSPS) is 10.8. The van der Waals surface area contributed by atoms with Crippen molar-refractivity contribution >= 4 is 17.3 Å². The molecule has 78 valence electrons. The topological polar surface area (TPSA) is 59.4 Å². The maximum Gasteiger partial charge on any atom is 0.329 e. The molecular weight excluding hydrogens is 202 g/mol. The van der Waals surface area contributed by atoms with Gasteiger partial charge in [0.2, 0.25) is 0 Å². The monoisotopic (exact) mass is 215 g/mol. The van der Waals surface area contributed by atoms with E-state index in [1.165, 1.54) is 0 Å². The van der Waals surface area contributed by atoms with Crippen LogP contribution in [-0.4, -0.2) is 22.7 Å². The van der Waals surface area contributed by atoms with Gasteiger partial charge in [0.25, 0.3) is 0 Å². The molecule has 0 saturated carbocycles. The highest BCUT2D eigenvalue weighted by Gasteiger charge is 2.06. The van der Waals surface area contributed by atoms with Gasteiger partial charge in [0.05, 0.1) is 17.3 Å². The summed E-state index contributed by atoms with van der Waals surface area (Å²) in [5.41, 5.74) is 0.806. The fraction of sp³-hybridized carbons (Fsp3) is 0.556. The maximum absolute atomic E-state index is 10.2. The van der Waals surface area contributed by atoms with Crippen LogP contribution in [0.4, 0.5) is 0 Å². The quantitative estimate of drug-likeness (QED) is 0.814. The molecule has 5 heteroatoms. The molecule has 0 aliphatic heterocycles. The Morgan fingerprint density at radius 2 is 2.43 bits per heavy atom. The van der Waals surface area contributed by atoms with Gasteiger partial charge in [-0.05, 0) is 0 Å². The Labute approximate surface area is 86.6 Å². The van der Waals surface area contributed by atoms with Crippen LogP contribution in [0.2, 0.25) is 0 Å². The van der Waals surface area contributed by atoms with E-state index in [2.05, 4.69) is 18.8 Å². The van der Waals surface area contributed by atoms with Crippen LogP contribution < -0.4 is 0 Å². The van der Waals surface area contributed by atoms with E-state index in [4.69, 9.17) is 9.84 Å². The molecule has 0 amide bonds. The molecule has 1 aromatic heterocycles. The summed E-state index contributed by atoms with van der Waals surface area (Å²) in [5.74, 6) is -0.544. The summed E-state index contributed by atoms with van der Waals surface area (Å²) in [6.45, 7) is 4.14. The number of carbonyl (C=O) groups is 1. The number of thiazole rings is 1. The van der Waals surface area contributed by atoms with Crippen LogP contribution >= 0.6 is 11.3 Å². The Hall–Kier alpha value is -0.940.